The number of likely N-dealkylation sites (N-methyl/N-ethyl adjacent to an activating group) is 1. The van der Waals surface area contributed by atoms with Gasteiger partial charge in [-0.1, -0.05) is 0 Å². The van der Waals surface area contributed by atoms with E-state index in [1.165, 1.54) is 0 Å². The van der Waals surface area contributed by atoms with Gasteiger partial charge >= 0.3 is 0 Å². The summed E-state index contributed by atoms with van der Waals surface area (Å²) in [4.78, 5) is 13.5. The number of rotatable bonds is 4. The summed E-state index contributed by atoms with van der Waals surface area (Å²) in [5.74, 6) is -0.0333. The molecule has 0 atom stereocenters. The molecule has 0 aromatic carbocycles. The van der Waals surface area contributed by atoms with E-state index in [1.54, 1.807) is 15.5 Å². The number of carbonyl (C=O) groups excluding carboxylic acids is 1. The maximum Gasteiger partial charge on any atom is 0.270 e. The fraction of sp³-hybridized carbons (Fsp3) is 0.500. The van der Waals surface area contributed by atoms with E-state index in [4.69, 9.17) is 5.11 Å². The summed E-state index contributed by atoms with van der Waals surface area (Å²) in [6, 6.07) is 3.61. The van der Waals surface area contributed by atoms with Crippen LogP contribution in [0.5, 0.6) is 0 Å². The van der Waals surface area contributed by atoms with E-state index in [0.717, 1.165) is 0 Å². The Balaban J connectivity index is 2.78. The summed E-state index contributed by atoms with van der Waals surface area (Å²) in [6.45, 7) is 2.91. The first-order chi connectivity index (χ1) is 6.70. The molecule has 14 heavy (non-hydrogen) atoms. The second kappa shape index (κ2) is 4.81. The van der Waals surface area contributed by atoms with Crippen molar-refractivity contribution in [3.63, 3.8) is 0 Å². The number of aromatic nitrogens is 1. The molecule has 1 aromatic heterocycles. The lowest BCUT2D eigenvalue weighted by Crippen LogP contribution is -2.34. The highest BCUT2D eigenvalue weighted by molar-refractivity contribution is 5.92. The zero-order valence-electron chi connectivity index (χ0n) is 8.60. The van der Waals surface area contributed by atoms with Crippen LogP contribution in [0.2, 0.25) is 0 Å². The minimum atomic E-state index is -0.0333. The molecule has 0 spiro atoms. The van der Waals surface area contributed by atoms with E-state index in [0.29, 0.717) is 18.8 Å². The monoisotopic (exact) mass is 196 g/mol. The van der Waals surface area contributed by atoms with Crippen molar-refractivity contribution in [2.24, 2.45) is 7.05 Å². The molecular formula is C10H16N2O2. The van der Waals surface area contributed by atoms with Crippen LogP contribution in [0.3, 0.4) is 0 Å². The number of hydrogen-bond donors (Lipinski definition) is 1. The van der Waals surface area contributed by atoms with E-state index < -0.39 is 0 Å². The van der Waals surface area contributed by atoms with Gasteiger partial charge in [-0.2, -0.15) is 0 Å². The molecule has 0 saturated heterocycles. The summed E-state index contributed by atoms with van der Waals surface area (Å²) >= 11 is 0. The van der Waals surface area contributed by atoms with Gasteiger partial charge in [-0.3, -0.25) is 4.79 Å². The second-order valence-electron chi connectivity index (χ2n) is 3.11. The first kappa shape index (κ1) is 10.8. The molecule has 1 amide bonds. The smallest absolute Gasteiger partial charge is 0.270 e. The van der Waals surface area contributed by atoms with E-state index in [-0.39, 0.29) is 12.5 Å². The lowest BCUT2D eigenvalue weighted by molar-refractivity contribution is 0.0722. The molecule has 1 aromatic rings. The van der Waals surface area contributed by atoms with Crippen LogP contribution in [0, 0.1) is 0 Å². The van der Waals surface area contributed by atoms with Gasteiger partial charge in [0.25, 0.3) is 5.91 Å². The van der Waals surface area contributed by atoms with Gasteiger partial charge in [0.05, 0.1) is 6.61 Å². The SMILES string of the molecule is CCN(CCO)C(=O)c1cccn1C. The summed E-state index contributed by atoms with van der Waals surface area (Å²) < 4.78 is 1.78. The predicted molar refractivity (Wildman–Crippen MR) is 54.1 cm³/mol. The molecular weight excluding hydrogens is 180 g/mol. The molecule has 1 heterocycles. The molecule has 78 valence electrons. The van der Waals surface area contributed by atoms with Gasteiger partial charge in [0.1, 0.15) is 5.69 Å². The van der Waals surface area contributed by atoms with Gasteiger partial charge in [-0.05, 0) is 19.1 Å². The van der Waals surface area contributed by atoms with E-state index in [1.807, 2.05) is 26.2 Å². The number of carbonyl (C=O) groups is 1. The topological polar surface area (TPSA) is 45.5 Å². The Morgan fingerprint density at radius 3 is 2.79 bits per heavy atom. The number of hydrogen-bond acceptors (Lipinski definition) is 2. The Kier molecular flexibility index (Phi) is 3.71. The first-order valence-corrected chi connectivity index (χ1v) is 4.72. The van der Waals surface area contributed by atoms with Crippen LogP contribution < -0.4 is 0 Å². The number of amides is 1. The Morgan fingerprint density at radius 1 is 1.64 bits per heavy atom. The maximum absolute atomic E-state index is 11.8. The molecule has 0 fully saturated rings. The van der Waals surface area contributed by atoms with Crippen molar-refractivity contribution < 1.29 is 9.90 Å². The standard InChI is InChI=1S/C10H16N2O2/c1-3-12(7-8-13)10(14)9-5-4-6-11(9)2/h4-6,13H,3,7-8H2,1-2H3. The van der Waals surface area contributed by atoms with Gasteiger partial charge in [0, 0.05) is 26.3 Å². The number of aliphatic hydroxyl groups is 1. The molecule has 4 nitrogen and oxygen atoms in total. The molecule has 0 radical (unpaired) electrons. The highest BCUT2D eigenvalue weighted by atomic mass is 16.3. The summed E-state index contributed by atoms with van der Waals surface area (Å²) in [6.07, 6.45) is 1.83. The summed E-state index contributed by atoms with van der Waals surface area (Å²) in [5.41, 5.74) is 0.653. The summed E-state index contributed by atoms with van der Waals surface area (Å²) in [5, 5.41) is 8.78. The van der Waals surface area contributed by atoms with Gasteiger partial charge in [0.2, 0.25) is 0 Å². The molecule has 4 heteroatoms. The minimum absolute atomic E-state index is 0.00397. The Hall–Kier alpha value is -1.29. The van der Waals surface area contributed by atoms with Gasteiger partial charge in [-0.15, -0.1) is 0 Å². The van der Waals surface area contributed by atoms with Crippen LogP contribution in [0.15, 0.2) is 18.3 Å². The first-order valence-electron chi connectivity index (χ1n) is 4.72. The molecule has 1 N–H and O–H groups in total. The van der Waals surface area contributed by atoms with Crippen LogP contribution in [0.4, 0.5) is 0 Å². The molecule has 0 aliphatic carbocycles. The Labute approximate surface area is 83.8 Å². The third-order valence-corrected chi connectivity index (χ3v) is 2.20. The molecule has 0 unspecified atom stereocenters. The van der Waals surface area contributed by atoms with E-state index >= 15 is 0 Å². The molecule has 0 aliphatic rings. The van der Waals surface area contributed by atoms with Crippen LogP contribution in [0.25, 0.3) is 0 Å². The number of nitrogens with zero attached hydrogens (tertiary/aromatic N) is 2. The van der Waals surface area contributed by atoms with Gasteiger partial charge in [0.15, 0.2) is 0 Å². The highest BCUT2D eigenvalue weighted by Gasteiger charge is 2.15. The predicted octanol–water partition coefficient (Wildman–Crippen LogP) is 0.479. The average molecular weight is 196 g/mol. The lowest BCUT2D eigenvalue weighted by atomic mass is 10.3. The van der Waals surface area contributed by atoms with E-state index in [2.05, 4.69) is 0 Å². The maximum atomic E-state index is 11.8. The Morgan fingerprint density at radius 2 is 2.36 bits per heavy atom. The van der Waals surface area contributed by atoms with Crippen LogP contribution >= 0.6 is 0 Å². The fourth-order valence-corrected chi connectivity index (χ4v) is 1.37. The van der Waals surface area contributed by atoms with Crippen LogP contribution in [-0.2, 0) is 7.05 Å². The quantitative estimate of drug-likeness (QED) is 0.761. The molecule has 1 rings (SSSR count). The van der Waals surface area contributed by atoms with Gasteiger partial charge in [-0.25, -0.2) is 0 Å². The van der Waals surface area contributed by atoms with Crippen molar-refractivity contribution in [2.45, 2.75) is 6.92 Å². The Bertz CT molecular complexity index is 307. The molecule has 0 bridgehead atoms. The summed E-state index contributed by atoms with van der Waals surface area (Å²) in [7, 11) is 1.83. The van der Waals surface area contributed by atoms with Crippen molar-refractivity contribution in [1.82, 2.24) is 9.47 Å². The van der Waals surface area contributed by atoms with E-state index in [9.17, 15) is 4.79 Å². The zero-order valence-corrected chi connectivity index (χ0v) is 8.60. The van der Waals surface area contributed by atoms with Crippen molar-refractivity contribution in [3.8, 4) is 0 Å². The normalized spacial score (nSPS) is 10.2. The molecule has 0 saturated carbocycles. The van der Waals surface area contributed by atoms with Crippen molar-refractivity contribution in [3.05, 3.63) is 24.0 Å². The molecule has 0 aliphatic heterocycles. The third kappa shape index (κ3) is 2.14. The van der Waals surface area contributed by atoms with Crippen molar-refractivity contribution in [1.29, 1.82) is 0 Å². The second-order valence-corrected chi connectivity index (χ2v) is 3.11. The largest absolute Gasteiger partial charge is 0.395 e. The third-order valence-electron chi connectivity index (χ3n) is 2.20. The van der Waals surface area contributed by atoms with Crippen molar-refractivity contribution >= 4 is 5.91 Å². The highest BCUT2D eigenvalue weighted by Crippen LogP contribution is 2.04. The van der Waals surface area contributed by atoms with Crippen molar-refractivity contribution in [2.75, 3.05) is 19.7 Å². The number of aliphatic hydroxyl groups excluding tert-OH is 1. The van der Waals surface area contributed by atoms with Gasteiger partial charge < -0.3 is 14.6 Å². The van der Waals surface area contributed by atoms with Crippen LogP contribution in [-0.4, -0.2) is 40.2 Å². The number of aryl methyl sites for hydroxylation is 1. The zero-order chi connectivity index (χ0) is 10.6. The minimum Gasteiger partial charge on any atom is -0.395 e. The lowest BCUT2D eigenvalue weighted by Gasteiger charge is -2.19. The average Bonchev–Trinajstić information content (AvgIpc) is 2.59. The van der Waals surface area contributed by atoms with Crippen LogP contribution in [0.1, 0.15) is 17.4 Å². The fourth-order valence-electron chi connectivity index (χ4n) is 1.37.